The van der Waals surface area contributed by atoms with Crippen LogP contribution in [0.25, 0.3) is 22.6 Å². The Labute approximate surface area is 645 Å². The first-order chi connectivity index (χ1) is 49.3. The maximum absolute atomic E-state index is 13.5. The van der Waals surface area contributed by atoms with E-state index in [9.17, 15) is 24.3 Å². The summed E-state index contributed by atoms with van der Waals surface area (Å²) in [6, 6.07) is 15.8. The number of carboxylic acid groups (broad SMARTS) is 1. The molecule has 1 N–H and O–H groups in total. The first kappa shape index (κ1) is 78.9. The van der Waals surface area contributed by atoms with Crippen molar-refractivity contribution >= 4 is 47.1 Å². The number of benzene rings is 2. The van der Waals surface area contributed by atoms with Crippen molar-refractivity contribution in [2.75, 3.05) is 0 Å². The Balaban J connectivity index is 0.000000188. The maximum Gasteiger partial charge on any atom is 0.312 e. The number of carbonyl (C=O) groups is 4. The first-order valence-electron chi connectivity index (χ1n) is 41.1. The zero-order valence-corrected chi connectivity index (χ0v) is 69.9. The van der Waals surface area contributed by atoms with Crippen molar-refractivity contribution in [3.8, 4) is 22.6 Å². The molecule has 12 nitrogen and oxygen atoms in total. The lowest BCUT2D eigenvalue weighted by atomic mass is 9.33. The van der Waals surface area contributed by atoms with E-state index in [1.165, 1.54) is 51.4 Å². The van der Waals surface area contributed by atoms with Crippen molar-refractivity contribution in [2.45, 2.75) is 315 Å². The van der Waals surface area contributed by atoms with Crippen LogP contribution in [-0.2, 0) is 44.2 Å². The summed E-state index contributed by atoms with van der Waals surface area (Å²) in [7, 11) is 0. The Morgan fingerprint density at radius 3 is 1.22 bits per heavy atom. The quantitative estimate of drug-likeness (QED) is 0.0722. The predicted octanol–water partition coefficient (Wildman–Crippen LogP) is 24.2. The van der Waals surface area contributed by atoms with Gasteiger partial charge in [-0.25, -0.2) is 9.97 Å². The van der Waals surface area contributed by atoms with Crippen LogP contribution in [-0.4, -0.2) is 56.8 Å². The van der Waals surface area contributed by atoms with Gasteiger partial charge in [-0.1, -0.05) is 142 Å². The van der Waals surface area contributed by atoms with Gasteiger partial charge in [-0.3, -0.25) is 19.2 Å². The van der Waals surface area contributed by atoms with E-state index in [2.05, 4.69) is 96.9 Å². The number of carbonyl (C=O) groups excluding carboxylic acids is 3. The molecule has 2 heterocycles. The molecule has 0 spiro atoms. The minimum absolute atomic E-state index is 0.0164. The number of oxazole rings is 2. The number of ether oxygens (including phenoxy) is 3. The fourth-order valence-corrected chi connectivity index (χ4v) is 26.8. The van der Waals surface area contributed by atoms with Gasteiger partial charge in [0.15, 0.2) is 11.5 Å². The summed E-state index contributed by atoms with van der Waals surface area (Å²) in [5.74, 6) is 5.50. The van der Waals surface area contributed by atoms with E-state index in [0.29, 0.717) is 47.3 Å². The van der Waals surface area contributed by atoms with Gasteiger partial charge in [0.2, 0.25) is 11.8 Å². The van der Waals surface area contributed by atoms with Crippen LogP contribution in [0.2, 0.25) is 10.0 Å². The maximum atomic E-state index is 13.5. The number of allylic oxidation sites excluding steroid dienone is 4. The molecule has 2 aromatic heterocycles. The molecule has 16 atom stereocenters. The Morgan fingerprint density at radius 2 is 0.858 bits per heavy atom. The lowest BCUT2D eigenvalue weighted by Crippen LogP contribution is -2.66. The van der Waals surface area contributed by atoms with Gasteiger partial charge >= 0.3 is 23.9 Å². The zero-order valence-electron chi connectivity index (χ0n) is 68.4. The number of esters is 3. The molecule has 14 heteroatoms. The number of hydrogen-bond acceptors (Lipinski definition) is 11. The monoisotopic (exact) mass is 1490 g/mol. The lowest BCUT2D eigenvalue weighted by molar-refractivity contribution is -0.232. The lowest BCUT2D eigenvalue weighted by Gasteiger charge is -2.72. The first-order valence-corrected chi connectivity index (χ1v) is 41.8. The van der Waals surface area contributed by atoms with E-state index in [0.717, 1.165) is 122 Å². The summed E-state index contributed by atoms with van der Waals surface area (Å²) in [5, 5.41) is 11.1. The minimum atomic E-state index is -1.14. The molecule has 4 aromatic rings. The molecule has 14 rings (SSSR count). The smallest absolute Gasteiger partial charge is 0.312 e. The molecule has 106 heavy (non-hydrogen) atoms. The fraction of sp³-hybridized carbons (Fsp3) is 0.717. The van der Waals surface area contributed by atoms with Gasteiger partial charge in [0.25, 0.3) is 0 Å². The van der Waals surface area contributed by atoms with Crippen LogP contribution in [0.3, 0.4) is 0 Å². The molecule has 0 aliphatic heterocycles. The Bertz CT molecular complexity index is 4110. The van der Waals surface area contributed by atoms with Gasteiger partial charge in [-0.05, 0) is 305 Å². The second-order valence-electron chi connectivity index (χ2n) is 41.3. The van der Waals surface area contributed by atoms with Gasteiger partial charge in [-0.2, -0.15) is 0 Å². The molecule has 0 unspecified atom stereocenters. The summed E-state index contributed by atoms with van der Waals surface area (Å²) in [6.07, 6.45) is 25.6. The molecule has 580 valence electrons. The van der Waals surface area contributed by atoms with Crippen molar-refractivity contribution in [2.24, 2.45) is 101 Å². The Kier molecular flexibility index (Phi) is 20.1. The van der Waals surface area contributed by atoms with E-state index >= 15 is 0 Å². The van der Waals surface area contributed by atoms with Crippen molar-refractivity contribution in [1.82, 2.24) is 9.97 Å². The highest BCUT2D eigenvalue weighted by molar-refractivity contribution is 6.31. The van der Waals surface area contributed by atoms with E-state index in [1.807, 2.05) is 81.7 Å². The number of hydrogen-bond donors (Lipinski definition) is 1. The second kappa shape index (κ2) is 27.0. The van der Waals surface area contributed by atoms with E-state index in [-0.39, 0.29) is 97.1 Å². The molecule has 2 aromatic carbocycles. The van der Waals surface area contributed by atoms with Gasteiger partial charge in [0.1, 0.15) is 17.8 Å². The summed E-state index contributed by atoms with van der Waals surface area (Å²) < 4.78 is 31.8. The average molecular weight is 1490 g/mol. The third-order valence-corrected chi connectivity index (χ3v) is 33.0. The SMILES string of the molecule is CC(C)C1=C2[C@H]3CC[C@@H]4[C@@]5(C)CC[C@H](OC(=O)CC(C)(C)C(=O)O)C(C)(C)[C@@H]5CC[C@@]4(C)[C@]3(C)CC[C@@]2(c2ncc(-c3ccc(Cl)cc3)o2)CC1.CC(C)C1=C2[C@H]3CC[C@@H]4[C@@]5(C)CC[C@H](OC(=O)CC(C)(C)C(=O)OC(C)(C)C)C(C)(C)[C@@H]5CC[C@@]4(C)[C@]3(C)CC[C@@]2(c2ncc(-c3ccc(Cl)cc3)o2)CC1. The largest absolute Gasteiger partial charge is 0.481 e. The summed E-state index contributed by atoms with van der Waals surface area (Å²) in [4.78, 5) is 61.5. The van der Waals surface area contributed by atoms with E-state index in [1.54, 1.807) is 50.0 Å². The van der Waals surface area contributed by atoms with Gasteiger partial charge in [-0.15, -0.1) is 0 Å². The number of halogens is 2. The molecule has 8 saturated carbocycles. The molecular weight excluding hydrogens is 1360 g/mol. The number of carboxylic acids is 1. The number of aliphatic carboxylic acids is 1. The van der Waals surface area contributed by atoms with Crippen LogP contribution in [0.15, 0.2) is 92.1 Å². The van der Waals surface area contributed by atoms with Crippen LogP contribution in [0.1, 0.15) is 298 Å². The molecule has 0 bridgehead atoms. The highest BCUT2D eigenvalue weighted by Crippen LogP contribution is 2.80. The van der Waals surface area contributed by atoms with Gasteiger partial charge < -0.3 is 28.2 Å². The van der Waals surface area contributed by atoms with E-state index < -0.39 is 22.4 Å². The van der Waals surface area contributed by atoms with Crippen molar-refractivity contribution < 1.29 is 47.3 Å². The van der Waals surface area contributed by atoms with Crippen LogP contribution in [0.5, 0.6) is 0 Å². The van der Waals surface area contributed by atoms with Gasteiger partial charge in [0, 0.05) is 32.0 Å². The normalized spacial score (nSPS) is 36.5. The predicted molar refractivity (Wildman–Crippen MR) is 421 cm³/mol. The molecule has 0 amide bonds. The number of rotatable bonds is 14. The highest BCUT2D eigenvalue weighted by atomic mass is 35.5. The summed E-state index contributed by atoms with van der Waals surface area (Å²) in [5.41, 5.74) is 6.32. The van der Waals surface area contributed by atoms with Crippen LogP contribution in [0.4, 0.5) is 0 Å². The molecule has 10 aliphatic carbocycles. The van der Waals surface area contributed by atoms with Crippen LogP contribution < -0.4 is 0 Å². The van der Waals surface area contributed by atoms with Crippen molar-refractivity contribution in [3.63, 3.8) is 0 Å². The van der Waals surface area contributed by atoms with Gasteiger partial charge in [0.05, 0.1) is 46.9 Å². The zero-order chi connectivity index (χ0) is 77.1. The number of fused-ring (bicyclic) bond motifs is 14. The third-order valence-electron chi connectivity index (χ3n) is 32.5. The van der Waals surface area contributed by atoms with E-state index in [4.69, 9.17) is 56.2 Å². The molecular formula is C92H128Cl2N2O10. The molecule has 0 saturated heterocycles. The van der Waals surface area contributed by atoms with Crippen molar-refractivity contribution in [1.29, 1.82) is 0 Å². The summed E-state index contributed by atoms with van der Waals surface area (Å²) in [6.45, 7) is 47.0. The standard InChI is InChI=1S/C48H68ClNO5.C44H60ClNO5/c1-29(2)32-19-24-48(40-50-28-34(53-40)30-13-15-31(49)16-14-30)26-25-46(11)33(39(32)48)17-18-36-45(10)22-21-37(44(8,9)35(45)20-23-47(36,46)12)54-38(51)27-43(6,7)41(52)55-42(3,4)5;1-26(2)29-16-21-44(37-46-25-31(50-37)27-10-12-28(45)13-11-27)23-22-42(8)30(36(29)44)14-15-33-41(7)19-18-34(51-35(47)24-39(3,4)38(48)49)40(5,6)32(41)17-20-43(33,42)9/h13-16,28-29,33,35-37H,17-27H2,1-12H3;10-13,25-26,30,32-34H,14-24H2,1-9H3,(H,48,49)/t33-,35+,36-,37+,45+,46-,47-,48+;30-,32+,33-,34+,41+,42-,43-,44+/m11/s1. The van der Waals surface area contributed by atoms with Crippen LogP contribution >= 0.6 is 23.2 Å². The molecule has 10 aliphatic rings. The van der Waals surface area contributed by atoms with Crippen molar-refractivity contribution in [3.05, 3.63) is 105 Å². The topological polar surface area (TPSA) is 168 Å². The molecule has 8 fully saturated rings. The minimum Gasteiger partial charge on any atom is -0.481 e. The third kappa shape index (κ3) is 12.6. The average Bonchev–Trinajstić information content (AvgIpc) is 1.10. The summed E-state index contributed by atoms with van der Waals surface area (Å²) >= 11 is 12.4. The van der Waals surface area contributed by atoms with Crippen LogP contribution in [0, 0.1) is 101 Å². The highest BCUT2D eigenvalue weighted by Gasteiger charge is 2.73. The number of nitrogens with zero attached hydrogens (tertiary/aromatic N) is 2. The fourth-order valence-electron chi connectivity index (χ4n) is 26.5. The number of aromatic nitrogens is 2. The molecule has 0 radical (unpaired) electrons. The Morgan fingerprint density at radius 1 is 0.481 bits per heavy atom. The Hall–Kier alpha value is -5.20. The second-order valence-corrected chi connectivity index (χ2v) is 42.1.